The summed E-state index contributed by atoms with van der Waals surface area (Å²) in [6.45, 7) is 6.93. The van der Waals surface area contributed by atoms with Crippen LogP contribution in [0.3, 0.4) is 0 Å². The summed E-state index contributed by atoms with van der Waals surface area (Å²) in [5, 5.41) is 62.0. The minimum atomic E-state index is -0.667. The van der Waals surface area contributed by atoms with Crippen LogP contribution in [0.25, 0.3) is 0 Å². The third-order valence-corrected chi connectivity index (χ3v) is 5.32. The smallest absolute Gasteiger partial charge is 0.158 e. The zero-order chi connectivity index (χ0) is 23.1. The number of aromatic nitrogens is 1. The Morgan fingerprint density at radius 2 is 1.48 bits per heavy atom. The Labute approximate surface area is 184 Å². The predicted octanol–water partition coefficient (Wildman–Crippen LogP) is 3.38. The molecule has 2 unspecified atom stereocenters. The zero-order valence-corrected chi connectivity index (χ0v) is 18.4. The first-order valence-electron chi connectivity index (χ1n) is 9.37. The van der Waals surface area contributed by atoms with Crippen LogP contribution < -0.4 is 10.6 Å². The van der Waals surface area contributed by atoms with Gasteiger partial charge in [0.2, 0.25) is 0 Å². The van der Waals surface area contributed by atoms with E-state index in [-0.39, 0.29) is 46.5 Å². The van der Waals surface area contributed by atoms with Crippen LogP contribution in [-0.4, -0.2) is 40.5 Å². The Bertz CT molecular complexity index is 1120. The molecular weight excluding hydrogens is 416 g/mol. The van der Waals surface area contributed by atoms with Crippen LogP contribution in [0.2, 0.25) is 0 Å². The number of nitrogens with zero attached hydrogens (tertiary/aromatic N) is 6. The Morgan fingerprint density at radius 3 is 2.00 bits per heavy atom. The number of aliphatic hydroxyl groups is 2. The molecule has 0 saturated heterocycles. The molecule has 11 heteroatoms. The topological polar surface area (TPSA) is 174 Å². The Kier molecular flexibility index (Phi) is 8.00. The maximum atomic E-state index is 9.65. The fourth-order valence-corrected chi connectivity index (χ4v) is 3.47. The summed E-state index contributed by atoms with van der Waals surface area (Å²) in [6.07, 6.45) is -1.32. The normalized spacial score (nSPS) is 12.6. The van der Waals surface area contributed by atoms with E-state index in [9.17, 15) is 26.0 Å². The summed E-state index contributed by atoms with van der Waals surface area (Å²) in [4.78, 5) is 4.79. The number of rotatable bonds is 8. The molecule has 0 radical (unpaired) electrons. The van der Waals surface area contributed by atoms with E-state index in [0.29, 0.717) is 16.0 Å². The van der Waals surface area contributed by atoms with Gasteiger partial charge in [-0.05, 0) is 33.3 Å². The predicted molar refractivity (Wildman–Crippen MR) is 117 cm³/mol. The van der Waals surface area contributed by atoms with Gasteiger partial charge in [-0.3, -0.25) is 0 Å². The molecule has 2 heterocycles. The summed E-state index contributed by atoms with van der Waals surface area (Å²) in [5.41, 5.74) is 1.80. The van der Waals surface area contributed by atoms with Crippen LogP contribution >= 0.6 is 11.3 Å². The maximum Gasteiger partial charge on any atom is 0.158 e. The van der Waals surface area contributed by atoms with E-state index in [1.54, 1.807) is 27.7 Å². The number of hydrogen-bond donors (Lipinski definition) is 4. The van der Waals surface area contributed by atoms with Crippen molar-refractivity contribution in [1.29, 1.82) is 15.8 Å². The van der Waals surface area contributed by atoms with Crippen molar-refractivity contribution in [3.63, 3.8) is 0 Å². The van der Waals surface area contributed by atoms with Gasteiger partial charge in [0.15, 0.2) is 10.8 Å². The first-order valence-corrected chi connectivity index (χ1v) is 10.2. The molecular formula is C20H22N8O2S. The first-order chi connectivity index (χ1) is 14.7. The molecule has 31 heavy (non-hydrogen) atoms. The average Bonchev–Trinajstić information content (AvgIpc) is 3.04. The van der Waals surface area contributed by atoms with E-state index in [0.717, 1.165) is 11.3 Å². The molecule has 0 amide bonds. The summed E-state index contributed by atoms with van der Waals surface area (Å²) < 4.78 is 0. The number of anilines is 2. The highest BCUT2D eigenvalue weighted by Crippen LogP contribution is 2.38. The van der Waals surface area contributed by atoms with Gasteiger partial charge in [-0.2, -0.15) is 15.8 Å². The summed E-state index contributed by atoms with van der Waals surface area (Å²) >= 11 is 1.05. The maximum absolute atomic E-state index is 9.65. The first kappa shape index (κ1) is 23.7. The molecule has 0 saturated carbocycles. The summed E-state index contributed by atoms with van der Waals surface area (Å²) in [7, 11) is 0. The second-order valence-electron chi connectivity index (χ2n) is 6.89. The van der Waals surface area contributed by atoms with Gasteiger partial charge in [0.1, 0.15) is 34.6 Å². The van der Waals surface area contributed by atoms with Crippen LogP contribution in [0.4, 0.5) is 22.3 Å². The van der Waals surface area contributed by atoms with Gasteiger partial charge in [0.25, 0.3) is 0 Å². The molecule has 0 fully saturated rings. The van der Waals surface area contributed by atoms with Gasteiger partial charge in [-0.15, -0.1) is 21.6 Å². The molecule has 0 aliphatic carbocycles. The van der Waals surface area contributed by atoms with E-state index in [1.165, 1.54) is 0 Å². The summed E-state index contributed by atoms with van der Waals surface area (Å²) in [5.74, 6) is 0.547. The quantitative estimate of drug-likeness (QED) is 0.454. The number of nitriles is 3. The van der Waals surface area contributed by atoms with E-state index < -0.39 is 12.2 Å². The lowest BCUT2D eigenvalue weighted by Crippen LogP contribution is -2.19. The standard InChI is InChI=1S/C20H22N8O2S/c1-10(29)8-24-18-14(5-21)13(4)17(19(26-18)25-9-11(2)30)27-28-20-15(6-22)12(3)16(7-23)31-20/h10-11,29-30H,8-9H2,1-4H3,(H2,24,25,26)/b28-27+. The number of aliphatic hydroxyl groups excluding tert-OH is 2. The molecule has 0 aliphatic heterocycles. The van der Waals surface area contributed by atoms with Crippen LogP contribution in [0.15, 0.2) is 10.2 Å². The van der Waals surface area contributed by atoms with Crippen LogP contribution in [0.1, 0.15) is 41.0 Å². The fourth-order valence-electron chi connectivity index (χ4n) is 2.60. The monoisotopic (exact) mass is 438 g/mol. The summed E-state index contributed by atoms with van der Waals surface area (Å²) in [6, 6.07) is 6.16. The number of nitrogens with one attached hydrogen (secondary N) is 2. The molecule has 0 bridgehead atoms. The number of azo groups is 1. The highest BCUT2D eigenvalue weighted by molar-refractivity contribution is 7.16. The molecule has 0 spiro atoms. The minimum Gasteiger partial charge on any atom is -0.392 e. The van der Waals surface area contributed by atoms with E-state index in [2.05, 4.69) is 31.9 Å². The lowest BCUT2D eigenvalue weighted by molar-refractivity contribution is 0.208. The largest absolute Gasteiger partial charge is 0.392 e. The van der Waals surface area contributed by atoms with Gasteiger partial charge < -0.3 is 20.8 Å². The van der Waals surface area contributed by atoms with Gasteiger partial charge in [-0.1, -0.05) is 0 Å². The van der Waals surface area contributed by atoms with Crippen molar-refractivity contribution in [1.82, 2.24) is 4.98 Å². The fraction of sp³-hybridized carbons (Fsp3) is 0.400. The van der Waals surface area contributed by atoms with Gasteiger partial charge in [0, 0.05) is 18.7 Å². The van der Waals surface area contributed by atoms with Crippen molar-refractivity contribution in [3.05, 3.63) is 27.1 Å². The zero-order valence-electron chi connectivity index (χ0n) is 17.6. The lowest BCUT2D eigenvalue weighted by Gasteiger charge is -2.16. The van der Waals surface area contributed by atoms with Crippen molar-refractivity contribution < 1.29 is 10.2 Å². The molecule has 0 aliphatic rings. The molecule has 10 nitrogen and oxygen atoms in total. The number of hydrogen-bond acceptors (Lipinski definition) is 11. The SMILES string of the molecule is Cc1c(C#N)sc(/N=N/c2c(NCC(C)O)nc(NCC(C)O)c(C#N)c2C)c1C#N. The molecule has 160 valence electrons. The molecule has 2 aromatic rings. The van der Waals surface area contributed by atoms with Gasteiger partial charge in [0.05, 0.1) is 23.3 Å². The van der Waals surface area contributed by atoms with Crippen LogP contribution in [0, 0.1) is 47.8 Å². The van der Waals surface area contributed by atoms with Gasteiger partial charge >= 0.3 is 0 Å². The minimum absolute atomic E-state index is 0.177. The molecule has 4 N–H and O–H groups in total. The molecule has 2 atom stereocenters. The van der Waals surface area contributed by atoms with Crippen molar-refractivity contribution in [2.45, 2.75) is 39.9 Å². The van der Waals surface area contributed by atoms with E-state index in [1.807, 2.05) is 12.1 Å². The Balaban J connectivity index is 2.60. The van der Waals surface area contributed by atoms with E-state index >= 15 is 0 Å². The van der Waals surface area contributed by atoms with Crippen molar-refractivity contribution in [3.8, 4) is 18.2 Å². The number of pyridine rings is 1. The van der Waals surface area contributed by atoms with Crippen molar-refractivity contribution in [2.75, 3.05) is 23.7 Å². The second kappa shape index (κ2) is 10.5. The molecule has 2 rings (SSSR count). The van der Waals surface area contributed by atoms with Crippen molar-refractivity contribution >= 4 is 33.7 Å². The van der Waals surface area contributed by atoms with Crippen molar-refractivity contribution in [2.24, 2.45) is 10.2 Å². The molecule has 2 aromatic heterocycles. The highest BCUT2D eigenvalue weighted by Gasteiger charge is 2.19. The third-order valence-electron chi connectivity index (χ3n) is 4.24. The average molecular weight is 439 g/mol. The lowest BCUT2D eigenvalue weighted by atomic mass is 10.1. The van der Waals surface area contributed by atoms with Crippen LogP contribution in [-0.2, 0) is 0 Å². The highest BCUT2D eigenvalue weighted by atomic mass is 32.1. The molecule has 0 aromatic carbocycles. The van der Waals surface area contributed by atoms with Gasteiger partial charge in [-0.25, -0.2) is 4.98 Å². The Morgan fingerprint density at radius 1 is 0.903 bits per heavy atom. The Hall–Kier alpha value is -3.56. The number of thiophene rings is 1. The van der Waals surface area contributed by atoms with Crippen LogP contribution in [0.5, 0.6) is 0 Å². The second-order valence-corrected chi connectivity index (χ2v) is 7.89. The van der Waals surface area contributed by atoms with E-state index in [4.69, 9.17) is 0 Å². The third kappa shape index (κ3) is 5.53.